The number of hydrogen-bond donors (Lipinski definition) is 1. The molecule has 0 aromatic carbocycles. The number of hydrogen-bond acceptors (Lipinski definition) is 3. The van der Waals surface area contributed by atoms with Crippen LogP contribution < -0.4 is 5.32 Å². The van der Waals surface area contributed by atoms with E-state index in [4.69, 9.17) is 0 Å². The Morgan fingerprint density at radius 1 is 1.28 bits per heavy atom. The van der Waals surface area contributed by atoms with Gasteiger partial charge in [0.25, 0.3) is 5.91 Å². The number of amides is 1. The molecule has 1 amide bonds. The average Bonchev–Trinajstić information content (AvgIpc) is 2.38. The number of aromatic nitrogens is 2. The first kappa shape index (κ1) is 12.2. The van der Waals surface area contributed by atoms with E-state index >= 15 is 0 Å². The van der Waals surface area contributed by atoms with E-state index in [1.807, 2.05) is 13.0 Å². The number of pyridine rings is 2. The second-order valence-corrected chi connectivity index (χ2v) is 3.84. The molecule has 0 atom stereocenters. The van der Waals surface area contributed by atoms with Gasteiger partial charge in [-0.05, 0) is 30.2 Å². The van der Waals surface area contributed by atoms with Crippen molar-refractivity contribution < 1.29 is 9.18 Å². The van der Waals surface area contributed by atoms with E-state index in [9.17, 15) is 9.18 Å². The fraction of sp³-hybridized carbons (Fsp3) is 0.154. The molecule has 0 radical (unpaired) electrons. The van der Waals surface area contributed by atoms with Crippen molar-refractivity contribution in [2.24, 2.45) is 0 Å². The number of nitrogens with one attached hydrogen (secondary N) is 1. The SMILES string of the molecule is Cc1cnccc1CNC(=O)c1ccncc1F. The molecule has 2 heterocycles. The Morgan fingerprint density at radius 3 is 2.72 bits per heavy atom. The van der Waals surface area contributed by atoms with Gasteiger partial charge in [-0.3, -0.25) is 14.8 Å². The molecule has 0 spiro atoms. The molecule has 0 aliphatic carbocycles. The summed E-state index contributed by atoms with van der Waals surface area (Å²) in [5, 5.41) is 2.66. The lowest BCUT2D eigenvalue weighted by Crippen LogP contribution is -2.24. The van der Waals surface area contributed by atoms with Crippen molar-refractivity contribution in [3.05, 3.63) is 59.4 Å². The largest absolute Gasteiger partial charge is 0.348 e. The van der Waals surface area contributed by atoms with Crippen molar-refractivity contribution in [1.82, 2.24) is 15.3 Å². The molecule has 18 heavy (non-hydrogen) atoms. The Hall–Kier alpha value is -2.30. The van der Waals surface area contributed by atoms with Crippen molar-refractivity contribution in [1.29, 1.82) is 0 Å². The highest BCUT2D eigenvalue weighted by molar-refractivity contribution is 5.94. The van der Waals surface area contributed by atoms with Gasteiger partial charge in [-0.1, -0.05) is 0 Å². The normalized spacial score (nSPS) is 10.1. The molecular weight excluding hydrogens is 233 g/mol. The van der Waals surface area contributed by atoms with Crippen LogP contribution in [0.1, 0.15) is 21.5 Å². The van der Waals surface area contributed by atoms with Crippen LogP contribution in [0.2, 0.25) is 0 Å². The number of rotatable bonds is 3. The number of carbonyl (C=O) groups excluding carboxylic acids is 1. The minimum atomic E-state index is -0.624. The van der Waals surface area contributed by atoms with Crippen molar-refractivity contribution in [3.63, 3.8) is 0 Å². The zero-order chi connectivity index (χ0) is 13.0. The Balaban J connectivity index is 2.06. The maximum Gasteiger partial charge on any atom is 0.254 e. The van der Waals surface area contributed by atoms with Gasteiger partial charge in [0.1, 0.15) is 0 Å². The average molecular weight is 245 g/mol. The summed E-state index contributed by atoms with van der Waals surface area (Å²) in [5.74, 6) is -1.08. The molecule has 2 aromatic rings. The van der Waals surface area contributed by atoms with Crippen LogP contribution in [0.3, 0.4) is 0 Å². The molecule has 2 aromatic heterocycles. The fourth-order valence-electron chi connectivity index (χ4n) is 1.53. The summed E-state index contributed by atoms with van der Waals surface area (Å²) in [4.78, 5) is 19.3. The van der Waals surface area contributed by atoms with E-state index in [-0.39, 0.29) is 5.56 Å². The van der Waals surface area contributed by atoms with E-state index in [0.717, 1.165) is 17.3 Å². The van der Waals surface area contributed by atoms with Crippen LogP contribution >= 0.6 is 0 Å². The molecule has 0 fully saturated rings. The Kier molecular flexibility index (Phi) is 3.62. The highest BCUT2D eigenvalue weighted by Gasteiger charge is 2.10. The van der Waals surface area contributed by atoms with Crippen LogP contribution in [-0.2, 0) is 6.54 Å². The predicted molar refractivity (Wildman–Crippen MR) is 64.3 cm³/mol. The number of aryl methyl sites for hydroxylation is 1. The summed E-state index contributed by atoms with van der Waals surface area (Å²) >= 11 is 0. The van der Waals surface area contributed by atoms with Crippen molar-refractivity contribution in [2.45, 2.75) is 13.5 Å². The summed E-state index contributed by atoms with van der Waals surface area (Å²) in [6.07, 6.45) is 5.78. The molecular formula is C13H12FN3O. The molecule has 0 saturated heterocycles. The van der Waals surface area contributed by atoms with Crippen LogP contribution in [0.5, 0.6) is 0 Å². The summed E-state index contributed by atoms with van der Waals surface area (Å²) in [6, 6.07) is 3.17. The van der Waals surface area contributed by atoms with Gasteiger partial charge < -0.3 is 5.32 Å². The van der Waals surface area contributed by atoms with Gasteiger partial charge in [0, 0.05) is 25.1 Å². The first-order valence-corrected chi connectivity index (χ1v) is 5.45. The van der Waals surface area contributed by atoms with E-state index in [1.165, 1.54) is 12.3 Å². The molecule has 2 rings (SSSR count). The molecule has 0 saturated carbocycles. The third-order valence-corrected chi connectivity index (χ3v) is 2.59. The monoisotopic (exact) mass is 245 g/mol. The van der Waals surface area contributed by atoms with Crippen LogP contribution in [0.25, 0.3) is 0 Å². The first-order chi connectivity index (χ1) is 8.68. The van der Waals surface area contributed by atoms with E-state index in [0.29, 0.717) is 6.54 Å². The quantitative estimate of drug-likeness (QED) is 0.897. The summed E-state index contributed by atoms with van der Waals surface area (Å²) in [5.41, 5.74) is 1.93. The van der Waals surface area contributed by atoms with Gasteiger partial charge in [-0.15, -0.1) is 0 Å². The number of halogens is 1. The van der Waals surface area contributed by atoms with Crippen molar-refractivity contribution >= 4 is 5.91 Å². The second-order valence-electron chi connectivity index (χ2n) is 3.84. The zero-order valence-electron chi connectivity index (χ0n) is 9.85. The highest BCUT2D eigenvalue weighted by Crippen LogP contribution is 2.07. The van der Waals surface area contributed by atoms with Gasteiger partial charge in [-0.25, -0.2) is 4.39 Å². The van der Waals surface area contributed by atoms with Gasteiger partial charge in [0.2, 0.25) is 0 Å². The standard InChI is InChI=1S/C13H12FN3O/c1-9-6-15-4-2-10(9)7-17-13(18)11-3-5-16-8-12(11)14/h2-6,8H,7H2,1H3,(H,17,18). The molecule has 92 valence electrons. The number of carbonyl (C=O) groups is 1. The molecule has 5 heteroatoms. The van der Waals surface area contributed by atoms with E-state index < -0.39 is 11.7 Å². The Morgan fingerprint density at radius 2 is 2.00 bits per heavy atom. The van der Waals surface area contributed by atoms with Gasteiger partial charge in [0.15, 0.2) is 5.82 Å². The fourth-order valence-corrected chi connectivity index (χ4v) is 1.53. The maximum absolute atomic E-state index is 13.3. The lowest BCUT2D eigenvalue weighted by atomic mass is 10.1. The molecule has 0 unspecified atom stereocenters. The predicted octanol–water partition coefficient (Wildman–Crippen LogP) is 1.85. The molecule has 0 aliphatic heterocycles. The topological polar surface area (TPSA) is 54.9 Å². The van der Waals surface area contributed by atoms with Crippen LogP contribution in [0.4, 0.5) is 4.39 Å². The van der Waals surface area contributed by atoms with Gasteiger partial charge >= 0.3 is 0 Å². The summed E-state index contributed by atoms with van der Waals surface area (Å²) in [7, 11) is 0. The Bertz CT molecular complexity index is 572. The third-order valence-electron chi connectivity index (χ3n) is 2.59. The lowest BCUT2D eigenvalue weighted by molar-refractivity contribution is 0.0946. The molecule has 0 bridgehead atoms. The van der Waals surface area contributed by atoms with E-state index in [1.54, 1.807) is 12.4 Å². The summed E-state index contributed by atoms with van der Waals surface area (Å²) in [6.45, 7) is 2.25. The highest BCUT2D eigenvalue weighted by atomic mass is 19.1. The smallest absolute Gasteiger partial charge is 0.254 e. The first-order valence-electron chi connectivity index (χ1n) is 5.45. The van der Waals surface area contributed by atoms with Crippen molar-refractivity contribution in [2.75, 3.05) is 0 Å². The zero-order valence-corrected chi connectivity index (χ0v) is 9.85. The maximum atomic E-state index is 13.3. The van der Waals surface area contributed by atoms with Crippen LogP contribution in [0, 0.1) is 12.7 Å². The lowest BCUT2D eigenvalue weighted by Gasteiger charge is -2.07. The molecule has 1 N–H and O–H groups in total. The van der Waals surface area contributed by atoms with Crippen molar-refractivity contribution in [3.8, 4) is 0 Å². The molecule has 4 nitrogen and oxygen atoms in total. The second kappa shape index (κ2) is 5.35. The minimum absolute atomic E-state index is 0.00305. The van der Waals surface area contributed by atoms with Gasteiger partial charge in [-0.2, -0.15) is 0 Å². The van der Waals surface area contributed by atoms with Crippen LogP contribution in [-0.4, -0.2) is 15.9 Å². The number of nitrogens with zero attached hydrogens (tertiary/aromatic N) is 2. The summed E-state index contributed by atoms with van der Waals surface area (Å²) < 4.78 is 13.3. The Labute approximate surface area is 104 Å². The van der Waals surface area contributed by atoms with E-state index in [2.05, 4.69) is 15.3 Å². The van der Waals surface area contributed by atoms with Gasteiger partial charge in [0.05, 0.1) is 11.8 Å². The third kappa shape index (κ3) is 2.68. The van der Waals surface area contributed by atoms with Crippen LogP contribution in [0.15, 0.2) is 36.9 Å². The molecule has 0 aliphatic rings. The minimum Gasteiger partial charge on any atom is -0.348 e.